The van der Waals surface area contributed by atoms with Crippen LogP contribution in [0.4, 0.5) is 0 Å². The van der Waals surface area contributed by atoms with Crippen molar-refractivity contribution in [3.8, 4) is 0 Å². The molecule has 0 spiro atoms. The molecule has 2 rings (SSSR count). The van der Waals surface area contributed by atoms with E-state index in [1.54, 1.807) is 0 Å². The lowest BCUT2D eigenvalue weighted by atomic mass is 10.1. The van der Waals surface area contributed by atoms with Crippen molar-refractivity contribution in [2.75, 3.05) is 13.1 Å². The maximum Gasteiger partial charge on any atom is 0.306 e. The molecule has 0 aromatic heterocycles. The van der Waals surface area contributed by atoms with Crippen LogP contribution in [-0.4, -0.2) is 42.9 Å². The van der Waals surface area contributed by atoms with Gasteiger partial charge in [-0.15, -0.1) is 0 Å². The minimum absolute atomic E-state index is 0.221. The molecule has 0 aromatic carbocycles. The predicted octanol–water partition coefficient (Wildman–Crippen LogP) is 0.170. The van der Waals surface area contributed by atoms with Gasteiger partial charge in [0.2, 0.25) is 0 Å². The van der Waals surface area contributed by atoms with E-state index in [2.05, 4.69) is 4.72 Å². The topological polar surface area (TPSA) is 86.7 Å². The zero-order valence-electron chi connectivity index (χ0n) is 9.63. The summed E-state index contributed by atoms with van der Waals surface area (Å²) in [7, 11) is -3.40. The molecule has 2 unspecified atom stereocenters. The van der Waals surface area contributed by atoms with Gasteiger partial charge < -0.3 is 5.11 Å². The summed E-state index contributed by atoms with van der Waals surface area (Å²) < 4.78 is 27.9. The third kappa shape index (κ3) is 2.97. The normalized spacial score (nSPS) is 30.8. The van der Waals surface area contributed by atoms with Crippen LogP contribution < -0.4 is 4.72 Å². The van der Waals surface area contributed by atoms with Gasteiger partial charge >= 0.3 is 5.97 Å². The van der Waals surface area contributed by atoms with Gasteiger partial charge in [-0.2, -0.15) is 17.4 Å². The highest BCUT2D eigenvalue weighted by atomic mass is 32.2. The number of hydrogen-bond acceptors (Lipinski definition) is 3. The van der Waals surface area contributed by atoms with Crippen LogP contribution in [0.3, 0.4) is 0 Å². The van der Waals surface area contributed by atoms with E-state index in [4.69, 9.17) is 5.11 Å². The molecule has 0 amide bonds. The SMILES string of the molecule is O=C(O)C1CCC(NS(=O)(=O)N2CCCC2)C1. The lowest BCUT2D eigenvalue weighted by molar-refractivity contribution is -0.141. The Morgan fingerprint density at radius 1 is 1.24 bits per heavy atom. The highest BCUT2D eigenvalue weighted by Crippen LogP contribution is 2.26. The summed E-state index contributed by atoms with van der Waals surface area (Å²) in [6.07, 6.45) is 3.39. The van der Waals surface area contributed by atoms with Crippen molar-refractivity contribution in [2.24, 2.45) is 5.92 Å². The van der Waals surface area contributed by atoms with Crippen LogP contribution in [-0.2, 0) is 15.0 Å². The minimum atomic E-state index is -3.40. The Labute approximate surface area is 101 Å². The molecule has 1 aliphatic carbocycles. The van der Waals surface area contributed by atoms with Gasteiger partial charge in [-0.3, -0.25) is 4.79 Å². The average molecular weight is 262 g/mol. The van der Waals surface area contributed by atoms with Crippen LogP contribution in [0.25, 0.3) is 0 Å². The average Bonchev–Trinajstić information content (AvgIpc) is 2.85. The van der Waals surface area contributed by atoms with Crippen LogP contribution in [0, 0.1) is 5.92 Å². The van der Waals surface area contributed by atoms with Crippen LogP contribution in [0.1, 0.15) is 32.1 Å². The zero-order valence-corrected chi connectivity index (χ0v) is 10.4. The van der Waals surface area contributed by atoms with E-state index in [-0.39, 0.29) is 6.04 Å². The highest BCUT2D eigenvalue weighted by molar-refractivity contribution is 7.87. The largest absolute Gasteiger partial charge is 0.481 e. The van der Waals surface area contributed by atoms with E-state index in [1.165, 1.54) is 4.31 Å². The molecule has 0 bridgehead atoms. The summed E-state index contributed by atoms with van der Waals surface area (Å²) in [5.41, 5.74) is 0. The van der Waals surface area contributed by atoms with Gasteiger partial charge in [-0.1, -0.05) is 0 Å². The summed E-state index contributed by atoms with van der Waals surface area (Å²) in [4.78, 5) is 10.8. The van der Waals surface area contributed by atoms with Crippen LogP contribution >= 0.6 is 0 Å². The van der Waals surface area contributed by atoms with Gasteiger partial charge in [-0.25, -0.2) is 0 Å². The first-order valence-corrected chi connectivity index (χ1v) is 7.43. The number of carbonyl (C=O) groups is 1. The van der Waals surface area contributed by atoms with E-state index < -0.39 is 22.1 Å². The van der Waals surface area contributed by atoms with Crippen molar-refractivity contribution in [3.05, 3.63) is 0 Å². The molecule has 1 saturated carbocycles. The zero-order chi connectivity index (χ0) is 12.5. The van der Waals surface area contributed by atoms with E-state index >= 15 is 0 Å². The number of carboxylic acids is 1. The lowest BCUT2D eigenvalue weighted by Gasteiger charge is -2.19. The molecular formula is C10H18N2O4S. The molecule has 1 aliphatic heterocycles. The second kappa shape index (κ2) is 4.91. The summed E-state index contributed by atoms with van der Waals surface area (Å²) in [5, 5.41) is 8.85. The maximum absolute atomic E-state index is 11.9. The Balaban J connectivity index is 1.91. The fraction of sp³-hybridized carbons (Fsp3) is 0.900. The maximum atomic E-state index is 11.9. The van der Waals surface area contributed by atoms with Gasteiger partial charge in [0.05, 0.1) is 5.92 Å². The van der Waals surface area contributed by atoms with Gasteiger partial charge in [0.15, 0.2) is 0 Å². The first-order valence-electron chi connectivity index (χ1n) is 5.99. The predicted molar refractivity (Wildman–Crippen MR) is 61.6 cm³/mol. The third-order valence-corrected chi connectivity index (χ3v) is 5.18. The van der Waals surface area contributed by atoms with E-state index in [1.807, 2.05) is 0 Å². The fourth-order valence-electron chi connectivity index (χ4n) is 2.53. The molecule has 6 nitrogen and oxygen atoms in total. The monoisotopic (exact) mass is 262 g/mol. The van der Waals surface area contributed by atoms with Crippen molar-refractivity contribution < 1.29 is 18.3 Å². The Hall–Kier alpha value is -0.660. The van der Waals surface area contributed by atoms with Crippen molar-refractivity contribution >= 4 is 16.2 Å². The van der Waals surface area contributed by atoms with Crippen molar-refractivity contribution in [1.82, 2.24) is 9.03 Å². The Kier molecular flexibility index (Phi) is 3.70. The Morgan fingerprint density at radius 2 is 1.88 bits per heavy atom. The Morgan fingerprint density at radius 3 is 2.41 bits per heavy atom. The van der Waals surface area contributed by atoms with Gasteiger partial charge in [0.1, 0.15) is 0 Å². The van der Waals surface area contributed by atoms with Crippen molar-refractivity contribution in [1.29, 1.82) is 0 Å². The first-order chi connectivity index (χ1) is 7.99. The van der Waals surface area contributed by atoms with Crippen molar-refractivity contribution in [3.63, 3.8) is 0 Å². The summed E-state index contributed by atoms with van der Waals surface area (Å²) >= 11 is 0. The molecule has 2 fully saturated rings. The number of rotatable bonds is 4. The molecule has 0 radical (unpaired) electrons. The standard InChI is InChI=1S/C10H18N2O4S/c13-10(14)8-3-4-9(7-8)11-17(15,16)12-5-1-2-6-12/h8-9,11H,1-7H2,(H,13,14). The molecule has 1 saturated heterocycles. The van der Waals surface area contributed by atoms with E-state index in [0.717, 1.165) is 12.8 Å². The number of hydrogen-bond donors (Lipinski definition) is 2. The molecule has 0 aromatic rings. The summed E-state index contributed by atoms with van der Waals surface area (Å²) in [5.74, 6) is -1.23. The summed E-state index contributed by atoms with van der Waals surface area (Å²) in [6, 6.07) is -0.221. The quantitative estimate of drug-likeness (QED) is 0.756. The molecule has 2 N–H and O–H groups in total. The van der Waals surface area contributed by atoms with E-state index in [9.17, 15) is 13.2 Å². The van der Waals surface area contributed by atoms with Crippen LogP contribution in [0.5, 0.6) is 0 Å². The second-order valence-electron chi connectivity index (χ2n) is 4.77. The van der Waals surface area contributed by atoms with Crippen molar-refractivity contribution in [2.45, 2.75) is 38.1 Å². The molecule has 2 aliphatic rings. The minimum Gasteiger partial charge on any atom is -0.481 e. The van der Waals surface area contributed by atoms with Gasteiger partial charge in [0, 0.05) is 19.1 Å². The lowest BCUT2D eigenvalue weighted by Crippen LogP contribution is -2.43. The number of nitrogens with zero attached hydrogens (tertiary/aromatic N) is 1. The third-order valence-electron chi connectivity index (χ3n) is 3.50. The molecule has 98 valence electrons. The van der Waals surface area contributed by atoms with Gasteiger partial charge in [-0.05, 0) is 32.1 Å². The number of carboxylic acid groups (broad SMARTS) is 1. The molecule has 7 heteroatoms. The summed E-state index contributed by atoms with van der Waals surface area (Å²) in [6.45, 7) is 1.15. The molecule has 1 heterocycles. The molecular weight excluding hydrogens is 244 g/mol. The molecule has 2 atom stereocenters. The van der Waals surface area contributed by atoms with Gasteiger partial charge in [0.25, 0.3) is 10.2 Å². The fourth-order valence-corrected chi connectivity index (χ4v) is 4.05. The molecule has 17 heavy (non-hydrogen) atoms. The van der Waals surface area contributed by atoms with Crippen LogP contribution in [0.15, 0.2) is 0 Å². The number of aliphatic carboxylic acids is 1. The van der Waals surface area contributed by atoms with E-state index in [0.29, 0.717) is 32.4 Å². The Bertz CT molecular complexity index is 389. The smallest absolute Gasteiger partial charge is 0.306 e. The first kappa shape index (κ1) is 12.8. The highest BCUT2D eigenvalue weighted by Gasteiger charge is 2.34. The second-order valence-corrected chi connectivity index (χ2v) is 6.48. The number of nitrogens with one attached hydrogen (secondary N) is 1. The van der Waals surface area contributed by atoms with Crippen LogP contribution in [0.2, 0.25) is 0 Å².